The molecule has 1 unspecified atom stereocenters. The molecule has 5 heteroatoms. The number of quaternary nitrogens is 1. The summed E-state index contributed by atoms with van der Waals surface area (Å²) in [6.07, 6.45) is 0.446. The lowest BCUT2D eigenvalue weighted by Crippen LogP contribution is -2.26. The number of carboxylic acids is 1. The normalized spacial score (nSPS) is 11.2. The Morgan fingerprint density at radius 2 is 1.82 bits per heavy atom. The highest BCUT2D eigenvalue weighted by Gasteiger charge is 2.14. The maximum Gasteiger partial charge on any atom is 0.339 e. The Bertz CT molecular complexity index is 403. The van der Waals surface area contributed by atoms with Crippen molar-refractivity contribution in [3.8, 4) is 0 Å². The molecule has 0 saturated carbocycles. The van der Waals surface area contributed by atoms with Crippen molar-refractivity contribution in [2.75, 3.05) is 0 Å². The van der Waals surface area contributed by atoms with Crippen molar-refractivity contribution in [1.29, 1.82) is 0 Å². The molecule has 0 fully saturated rings. The molecule has 0 saturated heterocycles. The van der Waals surface area contributed by atoms with Gasteiger partial charge < -0.3 is 20.8 Å². The number of carbonyl (C=O) groups is 2. The fourth-order valence-corrected chi connectivity index (χ4v) is 1.17. The number of esters is 1. The largest absolute Gasteiger partial charge is 0.545 e. The lowest BCUT2D eigenvalue weighted by atomic mass is 10.1. The van der Waals surface area contributed by atoms with Gasteiger partial charge in [-0.2, -0.15) is 0 Å². The fraction of sp³-hybridized carbons (Fsp3) is 0.333. The van der Waals surface area contributed by atoms with E-state index in [9.17, 15) is 14.7 Å². The number of hydrogen-bond acceptors (Lipinski definition) is 4. The van der Waals surface area contributed by atoms with Crippen molar-refractivity contribution in [3.63, 3.8) is 0 Å². The van der Waals surface area contributed by atoms with E-state index >= 15 is 0 Å². The molecule has 5 nitrogen and oxygen atoms in total. The molecule has 17 heavy (non-hydrogen) atoms. The minimum atomic E-state index is -1.38. The van der Waals surface area contributed by atoms with Crippen LogP contribution < -0.4 is 11.3 Å². The zero-order valence-corrected chi connectivity index (χ0v) is 10.2. The van der Waals surface area contributed by atoms with Crippen molar-refractivity contribution in [3.05, 3.63) is 35.4 Å². The van der Waals surface area contributed by atoms with Crippen LogP contribution in [0.15, 0.2) is 24.3 Å². The van der Waals surface area contributed by atoms with E-state index in [-0.39, 0.29) is 23.4 Å². The Morgan fingerprint density at radius 3 is 2.29 bits per heavy atom. The zero-order chi connectivity index (χ0) is 12.1. The Morgan fingerprint density at radius 1 is 1.29 bits per heavy atom. The summed E-state index contributed by atoms with van der Waals surface area (Å²) >= 11 is 0. The molecule has 0 amide bonds. The number of hydrogen-bond donors (Lipinski definition) is 1. The summed E-state index contributed by atoms with van der Waals surface area (Å²) in [7, 11) is 0. The second-order valence-electron chi connectivity index (χ2n) is 3.46. The minimum Gasteiger partial charge on any atom is -0.545 e. The molecule has 0 aliphatic rings. The first kappa shape index (κ1) is 15.1. The van der Waals surface area contributed by atoms with Gasteiger partial charge in [0.15, 0.2) is 0 Å². The van der Waals surface area contributed by atoms with Crippen LogP contribution in [0.2, 0.25) is 0 Å². The minimum absolute atomic E-state index is 0. The van der Waals surface area contributed by atoms with E-state index in [2.05, 4.69) is 0 Å². The molecule has 0 aliphatic heterocycles. The molecule has 4 N–H and O–H groups in total. The van der Waals surface area contributed by atoms with Gasteiger partial charge in [0.05, 0.1) is 17.6 Å². The van der Waals surface area contributed by atoms with Crippen LogP contribution in [0.3, 0.4) is 0 Å². The summed E-state index contributed by atoms with van der Waals surface area (Å²) in [5.41, 5.74) is -0.112. The van der Waals surface area contributed by atoms with Gasteiger partial charge in [0.2, 0.25) is 0 Å². The SMILES string of the molecule is CCC(C)OC(=O)c1ccccc1C(=O)[O-].[NH4+]. The van der Waals surface area contributed by atoms with Gasteiger partial charge in [0.1, 0.15) is 0 Å². The molecular formula is C12H17NO4. The number of aromatic carboxylic acids is 1. The van der Waals surface area contributed by atoms with E-state index in [1.807, 2.05) is 6.92 Å². The summed E-state index contributed by atoms with van der Waals surface area (Å²) in [5, 5.41) is 10.8. The lowest BCUT2D eigenvalue weighted by Gasteiger charge is -2.13. The molecule has 1 aromatic rings. The van der Waals surface area contributed by atoms with Crippen LogP contribution in [-0.4, -0.2) is 18.0 Å². The summed E-state index contributed by atoms with van der Waals surface area (Å²) in [5.74, 6) is -2.01. The maximum absolute atomic E-state index is 11.6. The Labute approximate surface area is 100.0 Å². The average Bonchev–Trinajstić information content (AvgIpc) is 2.28. The van der Waals surface area contributed by atoms with Crippen molar-refractivity contribution in [2.24, 2.45) is 0 Å². The van der Waals surface area contributed by atoms with Crippen molar-refractivity contribution in [1.82, 2.24) is 6.15 Å². The standard InChI is InChI=1S/C12H14O4.H3N/c1-3-8(2)16-12(15)10-7-5-4-6-9(10)11(13)14;/h4-8H,3H2,1-2H3,(H,13,14);1H3. The summed E-state index contributed by atoms with van der Waals surface area (Å²) in [4.78, 5) is 22.4. The van der Waals surface area contributed by atoms with Gasteiger partial charge >= 0.3 is 5.97 Å². The van der Waals surface area contributed by atoms with Crippen molar-refractivity contribution >= 4 is 11.9 Å². The molecule has 0 radical (unpaired) electrons. The van der Waals surface area contributed by atoms with Gasteiger partial charge in [0, 0.05) is 5.56 Å². The summed E-state index contributed by atoms with van der Waals surface area (Å²) in [6, 6.07) is 5.85. The molecule has 94 valence electrons. The molecule has 0 spiro atoms. The number of rotatable bonds is 4. The highest BCUT2D eigenvalue weighted by Crippen LogP contribution is 2.11. The predicted molar refractivity (Wildman–Crippen MR) is 61.9 cm³/mol. The topological polar surface area (TPSA) is 103 Å². The van der Waals surface area contributed by atoms with Gasteiger partial charge in [-0.25, -0.2) is 4.79 Å². The molecular weight excluding hydrogens is 222 g/mol. The summed E-state index contributed by atoms with van der Waals surface area (Å²) < 4.78 is 5.05. The van der Waals surface area contributed by atoms with Gasteiger partial charge in [-0.3, -0.25) is 0 Å². The number of carboxylic acid groups (broad SMARTS) is 1. The third-order valence-corrected chi connectivity index (χ3v) is 2.25. The van der Waals surface area contributed by atoms with Crippen LogP contribution in [0.4, 0.5) is 0 Å². The van der Waals surface area contributed by atoms with Gasteiger partial charge in [-0.1, -0.05) is 25.1 Å². The Balaban J connectivity index is 0.00000256. The van der Waals surface area contributed by atoms with Crippen LogP contribution in [0.1, 0.15) is 41.0 Å². The molecule has 0 aliphatic carbocycles. The van der Waals surface area contributed by atoms with Crippen LogP contribution in [-0.2, 0) is 4.74 Å². The third kappa shape index (κ3) is 3.88. The Kier molecular flexibility index (Phi) is 5.91. The van der Waals surface area contributed by atoms with Crippen LogP contribution in [0.25, 0.3) is 0 Å². The van der Waals surface area contributed by atoms with Crippen molar-refractivity contribution < 1.29 is 19.4 Å². The number of carbonyl (C=O) groups excluding carboxylic acids is 2. The monoisotopic (exact) mass is 239 g/mol. The predicted octanol–water partition coefficient (Wildman–Crippen LogP) is 1.38. The van der Waals surface area contributed by atoms with Crippen LogP contribution in [0.5, 0.6) is 0 Å². The average molecular weight is 239 g/mol. The van der Waals surface area contributed by atoms with Crippen LogP contribution in [0, 0.1) is 0 Å². The van der Waals surface area contributed by atoms with E-state index in [0.29, 0.717) is 6.42 Å². The second-order valence-corrected chi connectivity index (χ2v) is 3.46. The molecule has 0 bridgehead atoms. The highest BCUT2D eigenvalue weighted by molar-refractivity contribution is 6.01. The van der Waals surface area contributed by atoms with Gasteiger partial charge in [-0.15, -0.1) is 0 Å². The fourth-order valence-electron chi connectivity index (χ4n) is 1.17. The third-order valence-electron chi connectivity index (χ3n) is 2.25. The van der Waals surface area contributed by atoms with E-state index in [0.717, 1.165) is 0 Å². The first-order valence-electron chi connectivity index (χ1n) is 5.07. The first-order valence-corrected chi connectivity index (χ1v) is 5.07. The van der Waals surface area contributed by atoms with E-state index in [4.69, 9.17) is 4.74 Å². The van der Waals surface area contributed by atoms with Crippen molar-refractivity contribution in [2.45, 2.75) is 26.4 Å². The lowest BCUT2D eigenvalue weighted by molar-refractivity contribution is -0.255. The molecule has 0 aromatic heterocycles. The van der Waals surface area contributed by atoms with E-state index in [1.54, 1.807) is 13.0 Å². The maximum atomic E-state index is 11.6. The van der Waals surface area contributed by atoms with Gasteiger partial charge in [0.25, 0.3) is 0 Å². The smallest absolute Gasteiger partial charge is 0.339 e. The van der Waals surface area contributed by atoms with Crippen LogP contribution >= 0.6 is 0 Å². The number of ether oxygens (including phenoxy) is 1. The molecule has 1 atom stereocenters. The molecule has 0 heterocycles. The van der Waals surface area contributed by atoms with Gasteiger partial charge in [-0.05, 0) is 19.4 Å². The second kappa shape index (κ2) is 6.65. The first-order chi connectivity index (χ1) is 7.56. The quantitative estimate of drug-likeness (QED) is 0.801. The Hall–Kier alpha value is -1.88. The number of benzene rings is 1. The molecule has 1 rings (SSSR count). The molecule has 1 aromatic carbocycles. The highest BCUT2D eigenvalue weighted by atomic mass is 16.5. The zero-order valence-electron chi connectivity index (χ0n) is 10.2. The van der Waals surface area contributed by atoms with E-state index in [1.165, 1.54) is 18.2 Å². The van der Waals surface area contributed by atoms with E-state index < -0.39 is 11.9 Å². The summed E-state index contributed by atoms with van der Waals surface area (Å²) in [6.45, 7) is 3.63.